The van der Waals surface area contributed by atoms with Crippen LogP contribution >= 0.6 is 11.6 Å². The van der Waals surface area contributed by atoms with Gasteiger partial charge in [0.1, 0.15) is 5.69 Å². The molecule has 2 rings (SSSR count). The number of carbonyl (C=O) groups is 2. The summed E-state index contributed by atoms with van der Waals surface area (Å²) < 4.78 is 0. The number of H-pyrrole nitrogens is 1. The lowest BCUT2D eigenvalue weighted by Gasteiger charge is -2.14. The molecule has 0 fully saturated rings. The van der Waals surface area contributed by atoms with Gasteiger partial charge in [-0.2, -0.15) is 0 Å². The number of benzene rings is 1. The second kappa shape index (κ2) is 8.52. The van der Waals surface area contributed by atoms with Crippen molar-refractivity contribution in [2.24, 2.45) is 0 Å². The van der Waals surface area contributed by atoms with Gasteiger partial charge in [-0.25, -0.2) is 0 Å². The molecule has 0 radical (unpaired) electrons. The third-order valence-corrected chi connectivity index (χ3v) is 3.77. The van der Waals surface area contributed by atoms with E-state index in [9.17, 15) is 9.59 Å². The normalized spacial score (nSPS) is 11.8. The number of hydrogen-bond acceptors (Lipinski definition) is 3. The molecule has 1 heterocycles. The maximum Gasteiger partial charge on any atom is 0.272 e. The van der Waals surface area contributed by atoms with Crippen LogP contribution in [0.15, 0.2) is 36.5 Å². The summed E-state index contributed by atoms with van der Waals surface area (Å²) in [6, 6.07) is 8.33. The molecule has 2 aromatic rings. The second-order valence-electron chi connectivity index (χ2n) is 5.41. The molecule has 0 bridgehead atoms. The topological polar surface area (TPSA) is 94.2 Å². The molecule has 0 spiro atoms. The first-order valence-corrected chi connectivity index (χ1v) is 8.04. The lowest BCUT2D eigenvalue weighted by Crippen LogP contribution is -2.37. The van der Waals surface area contributed by atoms with E-state index in [-0.39, 0.29) is 30.9 Å². The van der Waals surface area contributed by atoms with Crippen molar-refractivity contribution < 1.29 is 14.7 Å². The molecule has 1 aromatic heterocycles. The number of aromatic nitrogens is 1. The van der Waals surface area contributed by atoms with Crippen LogP contribution in [0, 0.1) is 0 Å². The van der Waals surface area contributed by atoms with Crippen molar-refractivity contribution in [3.63, 3.8) is 0 Å². The van der Waals surface area contributed by atoms with Gasteiger partial charge in [-0.1, -0.05) is 30.7 Å². The first-order valence-electron chi connectivity index (χ1n) is 7.66. The summed E-state index contributed by atoms with van der Waals surface area (Å²) in [6.45, 7) is 1.83. The standard InChI is InChI=1S/C17H20ClN3O3/c1-2-13(10-22)20-16(23)7-11-3-5-14(6-4-11)21-17(24)15-8-12(18)9-19-15/h3-6,8-9,13,19,22H,2,7,10H2,1H3,(H,20,23)(H,21,24). The Morgan fingerprint density at radius 3 is 2.54 bits per heavy atom. The number of aromatic amines is 1. The van der Waals surface area contributed by atoms with E-state index in [1.54, 1.807) is 30.3 Å². The van der Waals surface area contributed by atoms with Crippen LogP contribution in [0.5, 0.6) is 0 Å². The van der Waals surface area contributed by atoms with Crippen molar-refractivity contribution in [1.29, 1.82) is 0 Å². The van der Waals surface area contributed by atoms with Crippen LogP contribution in [-0.4, -0.2) is 34.6 Å². The molecule has 1 atom stereocenters. The Balaban J connectivity index is 1.90. The average molecular weight is 350 g/mol. The van der Waals surface area contributed by atoms with Crippen LogP contribution in [0.25, 0.3) is 0 Å². The summed E-state index contributed by atoms with van der Waals surface area (Å²) in [7, 11) is 0. The first kappa shape index (κ1) is 18.0. The Bertz CT molecular complexity index is 693. The highest BCUT2D eigenvalue weighted by molar-refractivity contribution is 6.31. The molecule has 4 N–H and O–H groups in total. The van der Waals surface area contributed by atoms with Crippen LogP contribution in [0.1, 0.15) is 29.4 Å². The van der Waals surface area contributed by atoms with Gasteiger partial charge >= 0.3 is 0 Å². The van der Waals surface area contributed by atoms with Crippen LogP contribution < -0.4 is 10.6 Å². The fraction of sp³-hybridized carbons (Fsp3) is 0.294. The van der Waals surface area contributed by atoms with E-state index in [1.807, 2.05) is 6.92 Å². The zero-order chi connectivity index (χ0) is 17.5. The molecule has 0 aliphatic heterocycles. The quantitative estimate of drug-likeness (QED) is 0.618. The number of aliphatic hydroxyl groups is 1. The maximum absolute atomic E-state index is 12.0. The maximum atomic E-state index is 12.0. The summed E-state index contributed by atoms with van der Waals surface area (Å²) >= 11 is 5.77. The SMILES string of the molecule is CCC(CO)NC(=O)Cc1ccc(NC(=O)c2cc(Cl)c[nH]2)cc1. The lowest BCUT2D eigenvalue weighted by molar-refractivity contribution is -0.121. The molecule has 0 saturated heterocycles. The van der Waals surface area contributed by atoms with Gasteiger partial charge in [-0.15, -0.1) is 0 Å². The number of carbonyl (C=O) groups excluding carboxylic acids is 2. The van der Waals surface area contributed by atoms with Crippen molar-refractivity contribution in [1.82, 2.24) is 10.3 Å². The summed E-state index contributed by atoms with van der Waals surface area (Å²) in [6.07, 6.45) is 2.43. The van der Waals surface area contributed by atoms with E-state index >= 15 is 0 Å². The summed E-state index contributed by atoms with van der Waals surface area (Å²) in [5.74, 6) is -0.435. The highest BCUT2D eigenvalue weighted by atomic mass is 35.5. The summed E-state index contributed by atoms with van der Waals surface area (Å²) in [5, 5.41) is 15.1. The van der Waals surface area contributed by atoms with Crippen molar-refractivity contribution in [3.05, 3.63) is 52.8 Å². The number of nitrogens with one attached hydrogen (secondary N) is 3. The number of aliphatic hydroxyl groups excluding tert-OH is 1. The van der Waals surface area contributed by atoms with Gasteiger partial charge in [0, 0.05) is 11.9 Å². The summed E-state index contributed by atoms with van der Waals surface area (Å²) in [4.78, 5) is 26.6. The van der Waals surface area contributed by atoms with Crippen molar-refractivity contribution in [3.8, 4) is 0 Å². The van der Waals surface area contributed by atoms with Crippen molar-refractivity contribution in [2.75, 3.05) is 11.9 Å². The van der Waals surface area contributed by atoms with Crippen molar-refractivity contribution >= 4 is 29.1 Å². The zero-order valence-corrected chi connectivity index (χ0v) is 14.1. The largest absolute Gasteiger partial charge is 0.394 e. The van der Waals surface area contributed by atoms with Gasteiger partial charge in [0.25, 0.3) is 5.91 Å². The molecule has 2 amide bonds. The van der Waals surface area contributed by atoms with Crippen LogP contribution in [-0.2, 0) is 11.2 Å². The molecule has 0 aliphatic carbocycles. The van der Waals surface area contributed by atoms with E-state index in [2.05, 4.69) is 15.6 Å². The molecule has 24 heavy (non-hydrogen) atoms. The predicted molar refractivity (Wildman–Crippen MR) is 93.2 cm³/mol. The molecule has 0 saturated carbocycles. The number of anilines is 1. The van der Waals surface area contributed by atoms with Crippen molar-refractivity contribution in [2.45, 2.75) is 25.8 Å². The van der Waals surface area contributed by atoms with Crippen LogP contribution in [0.4, 0.5) is 5.69 Å². The van der Waals surface area contributed by atoms with Gasteiger partial charge in [-0.3, -0.25) is 9.59 Å². The Kier molecular flexibility index (Phi) is 6.40. The molecule has 128 valence electrons. The van der Waals surface area contributed by atoms with E-state index in [4.69, 9.17) is 16.7 Å². The average Bonchev–Trinajstić information content (AvgIpc) is 3.01. The van der Waals surface area contributed by atoms with Crippen LogP contribution in [0.3, 0.4) is 0 Å². The second-order valence-corrected chi connectivity index (χ2v) is 5.85. The Labute approximate surface area is 145 Å². The number of halogens is 1. The third-order valence-electron chi connectivity index (χ3n) is 3.55. The monoisotopic (exact) mass is 349 g/mol. The molecule has 1 aromatic carbocycles. The van der Waals surface area contributed by atoms with Gasteiger partial charge < -0.3 is 20.7 Å². The molecule has 1 unspecified atom stereocenters. The zero-order valence-electron chi connectivity index (χ0n) is 13.3. The Morgan fingerprint density at radius 2 is 2.00 bits per heavy atom. The molecule has 0 aliphatic rings. The third kappa shape index (κ3) is 5.11. The number of hydrogen-bond donors (Lipinski definition) is 4. The van der Waals surface area contributed by atoms with E-state index in [0.29, 0.717) is 22.8 Å². The minimum atomic E-state index is -0.291. The molecular weight excluding hydrogens is 330 g/mol. The minimum Gasteiger partial charge on any atom is -0.394 e. The number of rotatable bonds is 7. The van der Waals surface area contributed by atoms with Gasteiger partial charge in [0.05, 0.1) is 24.1 Å². The fourth-order valence-corrected chi connectivity index (χ4v) is 2.31. The Morgan fingerprint density at radius 1 is 1.29 bits per heavy atom. The highest BCUT2D eigenvalue weighted by Crippen LogP contribution is 2.14. The Hall–Kier alpha value is -2.31. The number of amides is 2. The first-order chi connectivity index (χ1) is 11.5. The minimum absolute atomic E-state index is 0.0734. The molecule has 7 heteroatoms. The smallest absolute Gasteiger partial charge is 0.272 e. The lowest BCUT2D eigenvalue weighted by atomic mass is 10.1. The summed E-state index contributed by atoms with van der Waals surface area (Å²) in [5.41, 5.74) is 1.82. The van der Waals surface area contributed by atoms with Gasteiger partial charge in [-0.05, 0) is 30.2 Å². The van der Waals surface area contributed by atoms with Crippen LogP contribution in [0.2, 0.25) is 5.02 Å². The molecule has 6 nitrogen and oxygen atoms in total. The van der Waals surface area contributed by atoms with E-state index in [1.165, 1.54) is 6.20 Å². The van der Waals surface area contributed by atoms with Gasteiger partial charge in [0.2, 0.25) is 5.91 Å². The predicted octanol–water partition coefficient (Wildman–Crippen LogP) is 2.35. The molecular formula is C17H20ClN3O3. The fourth-order valence-electron chi connectivity index (χ4n) is 2.14. The van der Waals surface area contributed by atoms with Gasteiger partial charge in [0.15, 0.2) is 0 Å². The highest BCUT2D eigenvalue weighted by Gasteiger charge is 2.11. The van der Waals surface area contributed by atoms with E-state index < -0.39 is 0 Å². The van der Waals surface area contributed by atoms with E-state index in [0.717, 1.165) is 5.56 Å².